The van der Waals surface area contributed by atoms with Gasteiger partial charge in [-0.05, 0) is 23.8 Å². The van der Waals surface area contributed by atoms with Gasteiger partial charge in [-0.2, -0.15) is 0 Å². The van der Waals surface area contributed by atoms with Crippen LogP contribution in [0.15, 0.2) is 84.9 Å². The highest BCUT2D eigenvalue weighted by molar-refractivity contribution is 5.98. The van der Waals surface area contributed by atoms with Crippen LogP contribution < -0.4 is 0 Å². The van der Waals surface area contributed by atoms with E-state index in [1.807, 2.05) is 72.8 Å². The number of rotatable bonds is 2. The Kier molecular flexibility index (Phi) is 4.63. The van der Waals surface area contributed by atoms with E-state index in [1.165, 1.54) is 0 Å². The fourth-order valence-corrected chi connectivity index (χ4v) is 3.08. The molecule has 0 unspecified atom stereocenters. The molecular weight excluding hydrogens is 340 g/mol. The summed E-state index contributed by atoms with van der Waals surface area (Å²) in [7, 11) is 0. The SMILES string of the molecule is FC(F)c1nc2ccccc2c(-c2ccccc2)c1C#Cc1ccccc1. The van der Waals surface area contributed by atoms with E-state index in [4.69, 9.17) is 0 Å². The second-order valence-corrected chi connectivity index (χ2v) is 6.05. The molecule has 27 heavy (non-hydrogen) atoms. The normalized spacial score (nSPS) is 10.6. The average molecular weight is 355 g/mol. The van der Waals surface area contributed by atoms with E-state index in [9.17, 15) is 8.78 Å². The van der Waals surface area contributed by atoms with Crippen molar-refractivity contribution in [2.24, 2.45) is 0 Å². The predicted octanol–water partition coefficient (Wildman–Crippen LogP) is 6.24. The van der Waals surface area contributed by atoms with Gasteiger partial charge in [-0.25, -0.2) is 13.8 Å². The molecule has 4 aromatic rings. The molecule has 3 aromatic carbocycles. The standard InChI is InChI=1S/C24H15F2N/c25-24(26)23-20(16-15-17-9-3-1-4-10-17)22(18-11-5-2-6-12-18)19-13-7-8-14-21(19)27-23/h1-14,24H. The van der Waals surface area contributed by atoms with Crippen molar-refractivity contribution in [2.75, 3.05) is 0 Å². The topological polar surface area (TPSA) is 12.9 Å². The quantitative estimate of drug-likeness (QED) is 0.388. The third-order valence-electron chi connectivity index (χ3n) is 4.30. The number of alkyl halides is 2. The maximum absolute atomic E-state index is 13.8. The van der Waals surface area contributed by atoms with Gasteiger partial charge >= 0.3 is 0 Å². The Balaban J connectivity index is 2.06. The molecule has 0 atom stereocenters. The number of benzene rings is 3. The van der Waals surface area contributed by atoms with Gasteiger partial charge in [-0.15, -0.1) is 0 Å². The first-order chi connectivity index (χ1) is 13.2. The molecule has 3 heteroatoms. The molecule has 0 N–H and O–H groups in total. The van der Waals surface area contributed by atoms with Crippen LogP contribution in [0, 0.1) is 11.8 Å². The van der Waals surface area contributed by atoms with Crippen LogP contribution in [0.5, 0.6) is 0 Å². The Morgan fingerprint density at radius 3 is 2.04 bits per heavy atom. The van der Waals surface area contributed by atoms with Crippen molar-refractivity contribution < 1.29 is 8.78 Å². The highest BCUT2D eigenvalue weighted by atomic mass is 19.3. The predicted molar refractivity (Wildman–Crippen MR) is 105 cm³/mol. The molecule has 0 aliphatic carbocycles. The van der Waals surface area contributed by atoms with Crippen LogP contribution in [-0.4, -0.2) is 4.98 Å². The molecule has 0 bridgehead atoms. The van der Waals surface area contributed by atoms with Crippen LogP contribution >= 0.6 is 0 Å². The number of halogens is 2. The van der Waals surface area contributed by atoms with E-state index in [0.29, 0.717) is 11.1 Å². The zero-order valence-electron chi connectivity index (χ0n) is 14.4. The molecule has 0 amide bonds. The van der Waals surface area contributed by atoms with Crippen LogP contribution in [0.1, 0.15) is 23.2 Å². The van der Waals surface area contributed by atoms with Crippen molar-refractivity contribution in [1.82, 2.24) is 4.98 Å². The number of nitrogens with zero attached hydrogens (tertiary/aromatic N) is 1. The number of fused-ring (bicyclic) bond motifs is 1. The number of hydrogen-bond donors (Lipinski definition) is 0. The first-order valence-corrected chi connectivity index (χ1v) is 8.57. The van der Waals surface area contributed by atoms with Crippen LogP contribution in [0.3, 0.4) is 0 Å². The fraction of sp³-hybridized carbons (Fsp3) is 0.0417. The smallest absolute Gasteiger partial charge is 0.245 e. The van der Waals surface area contributed by atoms with Crippen LogP contribution in [0.25, 0.3) is 22.0 Å². The van der Waals surface area contributed by atoms with Gasteiger partial charge < -0.3 is 0 Å². The second-order valence-electron chi connectivity index (χ2n) is 6.05. The Morgan fingerprint density at radius 2 is 1.33 bits per heavy atom. The summed E-state index contributed by atoms with van der Waals surface area (Å²) in [5.74, 6) is 5.99. The van der Waals surface area contributed by atoms with E-state index >= 15 is 0 Å². The highest BCUT2D eigenvalue weighted by Crippen LogP contribution is 2.35. The van der Waals surface area contributed by atoms with Crippen molar-refractivity contribution in [3.05, 3.63) is 102 Å². The van der Waals surface area contributed by atoms with Gasteiger partial charge in [-0.3, -0.25) is 0 Å². The second kappa shape index (κ2) is 7.39. The molecule has 130 valence electrons. The summed E-state index contributed by atoms with van der Waals surface area (Å²) >= 11 is 0. The van der Waals surface area contributed by atoms with Crippen molar-refractivity contribution >= 4 is 10.9 Å². The molecule has 0 fully saturated rings. The van der Waals surface area contributed by atoms with Gasteiger partial charge in [0.05, 0.1) is 11.1 Å². The molecule has 0 saturated carbocycles. The number of aromatic nitrogens is 1. The molecule has 1 nitrogen and oxygen atoms in total. The lowest BCUT2D eigenvalue weighted by Gasteiger charge is -2.13. The van der Waals surface area contributed by atoms with E-state index in [0.717, 1.165) is 16.5 Å². The number of hydrogen-bond acceptors (Lipinski definition) is 1. The van der Waals surface area contributed by atoms with Gasteiger partial charge in [0.2, 0.25) is 0 Å². The minimum atomic E-state index is -2.71. The minimum Gasteiger partial charge on any atom is -0.245 e. The molecule has 4 rings (SSSR count). The van der Waals surface area contributed by atoms with E-state index in [-0.39, 0.29) is 11.3 Å². The van der Waals surface area contributed by atoms with E-state index < -0.39 is 6.43 Å². The fourth-order valence-electron chi connectivity index (χ4n) is 3.08. The monoisotopic (exact) mass is 355 g/mol. The first-order valence-electron chi connectivity index (χ1n) is 8.57. The zero-order chi connectivity index (χ0) is 18.6. The highest BCUT2D eigenvalue weighted by Gasteiger charge is 2.21. The molecule has 0 aliphatic rings. The van der Waals surface area contributed by atoms with Gasteiger partial charge in [-0.1, -0.05) is 78.6 Å². The lowest BCUT2D eigenvalue weighted by Crippen LogP contribution is -2.00. The van der Waals surface area contributed by atoms with E-state index in [1.54, 1.807) is 12.1 Å². The lowest BCUT2D eigenvalue weighted by molar-refractivity contribution is 0.146. The number of pyridine rings is 1. The summed E-state index contributed by atoms with van der Waals surface area (Å²) in [4.78, 5) is 4.22. The third kappa shape index (κ3) is 3.43. The maximum atomic E-state index is 13.8. The van der Waals surface area contributed by atoms with Gasteiger partial charge in [0, 0.05) is 16.5 Å². The van der Waals surface area contributed by atoms with Crippen molar-refractivity contribution in [3.63, 3.8) is 0 Å². The van der Waals surface area contributed by atoms with Gasteiger partial charge in [0.15, 0.2) is 0 Å². The molecule has 1 heterocycles. The summed E-state index contributed by atoms with van der Waals surface area (Å²) in [6.45, 7) is 0. The van der Waals surface area contributed by atoms with Crippen LogP contribution in [0.2, 0.25) is 0 Å². The van der Waals surface area contributed by atoms with E-state index in [2.05, 4.69) is 16.8 Å². The summed E-state index contributed by atoms with van der Waals surface area (Å²) < 4.78 is 27.7. The summed E-state index contributed by atoms with van der Waals surface area (Å²) in [6, 6.07) is 26.2. The summed E-state index contributed by atoms with van der Waals surface area (Å²) in [6.07, 6.45) is -2.71. The largest absolute Gasteiger partial charge is 0.281 e. The Labute approximate surface area is 156 Å². The third-order valence-corrected chi connectivity index (χ3v) is 4.30. The average Bonchev–Trinajstić information content (AvgIpc) is 2.72. The van der Waals surface area contributed by atoms with Crippen molar-refractivity contribution in [1.29, 1.82) is 0 Å². The summed E-state index contributed by atoms with van der Waals surface area (Å²) in [5, 5.41) is 0.811. The molecule has 1 aromatic heterocycles. The van der Waals surface area contributed by atoms with Crippen molar-refractivity contribution in [2.45, 2.75) is 6.43 Å². The Morgan fingerprint density at radius 1 is 0.704 bits per heavy atom. The Hall–Kier alpha value is -3.51. The van der Waals surface area contributed by atoms with Crippen LogP contribution in [0.4, 0.5) is 8.78 Å². The van der Waals surface area contributed by atoms with Gasteiger partial charge in [0.25, 0.3) is 6.43 Å². The lowest BCUT2D eigenvalue weighted by atomic mass is 9.94. The Bertz CT molecular complexity index is 1140. The summed E-state index contributed by atoms with van der Waals surface area (Å²) in [5.41, 5.74) is 2.84. The molecule has 0 spiro atoms. The van der Waals surface area contributed by atoms with Crippen LogP contribution in [-0.2, 0) is 0 Å². The molecule has 0 saturated heterocycles. The van der Waals surface area contributed by atoms with Crippen molar-refractivity contribution in [3.8, 4) is 23.0 Å². The first kappa shape index (κ1) is 16.9. The number of para-hydroxylation sites is 1. The molecular formula is C24H15F2N. The maximum Gasteiger partial charge on any atom is 0.281 e. The molecule has 0 radical (unpaired) electrons. The zero-order valence-corrected chi connectivity index (χ0v) is 14.4. The minimum absolute atomic E-state index is 0.277. The molecule has 0 aliphatic heterocycles. The van der Waals surface area contributed by atoms with Gasteiger partial charge in [0.1, 0.15) is 5.69 Å².